The van der Waals surface area contributed by atoms with Gasteiger partial charge in [0.1, 0.15) is 17.2 Å². The van der Waals surface area contributed by atoms with Gasteiger partial charge in [-0.25, -0.2) is 9.18 Å². The molecule has 0 bridgehead atoms. The lowest BCUT2D eigenvalue weighted by Gasteiger charge is -2.39. The summed E-state index contributed by atoms with van der Waals surface area (Å²) in [6.07, 6.45) is -0.282. The van der Waals surface area contributed by atoms with E-state index in [2.05, 4.69) is 15.2 Å². The SMILES string of the molecule is COc1cc(F)cc(CNC2=NCC3CN(C(=O)OC(C)(C)C)CCN23)c1. The summed E-state index contributed by atoms with van der Waals surface area (Å²) >= 11 is 0. The number of nitrogens with one attached hydrogen (secondary N) is 1. The Bertz CT molecular complexity index is 732. The molecule has 1 aromatic rings. The Labute approximate surface area is 159 Å². The lowest BCUT2D eigenvalue weighted by molar-refractivity contribution is 0.0137. The van der Waals surface area contributed by atoms with Gasteiger partial charge in [0.25, 0.3) is 0 Å². The van der Waals surface area contributed by atoms with Crippen LogP contribution in [0.5, 0.6) is 5.75 Å². The Kier molecular flexibility index (Phi) is 5.43. The highest BCUT2D eigenvalue weighted by Crippen LogP contribution is 2.20. The van der Waals surface area contributed by atoms with Crippen LogP contribution in [0, 0.1) is 5.82 Å². The van der Waals surface area contributed by atoms with Crippen molar-refractivity contribution in [3.8, 4) is 5.75 Å². The molecule has 0 aliphatic carbocycles. The van der Waals surface area contributed by atoms with Gasteiger partial charge in [-0.3, -0.25) is 4.99 Å². The number of guanidine groups is 1. The van der Waals surface area contributed by atoms with Gasteiger partial charge in [0.2, 0.25) is 0 Å². The molecule has 1 amide bonds. The number of piperazine rings is 1. The first-order valence-corrected chi connectivity index (χ1v) is 9.11. The van der Waals surface area contributed by atoms with Gasteiger partial charge < -0.3 is 24.6 Å². The zero-order valence-electron chi connectivity index (χ0n) is 16.3. The van der Waals surface area contributed by atoms with Crippen molar-refractivity contribution < 1.29 is 18.7 Å². The molecule has 1 unspecified atom stereocenters. The number of carbonyl (C=O) groups excluding carboxylic acids is 1. The average Bonchev–Trinajstić information content (AvgIpc) is 3.00. The van der Waals surface area contributed by atoms with Crippen LogP contribution in [0.15, 0.2) is 23.2 Å². The Morgan fingerprint density at radius 3 is 2.81 bits per heavy atom. The maximum Gasteiger partial charge on any atom is 0.410 e. The normalized spacial score (nSPS) is 19.4. The highest BCUT2D eigenvalue weighted by Gasteiger charge is 2.36. The quantitative estimate of drug-likeness (QED) is 0.874. The van der Waals surface area contributed by atoms with E-state index in [1.165, 1.54) is 19.2 Å². The number of ether oxygens (including phenoxy) is 2. The van der Waals surface area contributed by atoms with E-state index in [0.29, 0.717) is 38.5 Å². The highest BCUT2D eigenvalue weighted by atomic mass is 19.1. The maximum absolute atomic E-state index is 13.6. The number of amides is 1. The van der Waals surface area contributed by atoms with E-state index >= 15 is 0 Å². The smallest absolute Gasteiger partial charge is 0.410 e. The van der Waals surface area contributed by atoms with E-state index in [0.717, 1.165) is 11.5 Å². The summed E-state index contributed by atoms with van der Waals surface area (Å²) in [6, 6.07) is 4.76. The van der Waals surface area contributed by atoms with Crippen LogP contribution in [0.3, 0.4) is 0 Å². The van der Waals surface area contributed by atoms with Gasteiger partial charge in [0, 0.05) is 32.2 Å². The fraction of sp³-hybridized carbons (Fsp3) is 0.579. The molecule has 1 saturated heterocycles. The van der Waals surface area contributed by atoms with E-state index in [1.54, 1.807) is 11.0 Å². The van der Waals surface area contributed by atoms with Crippen LogP contribution in [0.1, 0.15) is 26.3 Å². The molecule has 0 saturated carbocycles. The molecule has 1 atom stereocenters. The third-order valence-electron chi connectivity index (χ3n) is 4.48. The van der Waals surface area contributed by atoms with Gasteiger partial charge in [0.05, 0.1) is 19.7 Å². The molecule has 27 heavy (non-hydrogen) atoms. The van der Waals surface area contributed by atoms with Crippen LogP contribution in [0.4, 0.5) is 9.18 Å². The van der Waals surface area contributed by atoms with E-state index in [-0.39, 0.29) is 18.0 Å². The molecule has 7 nitrogen and oxygen atoms in total. The zero-order valence-corrected chi connectivity index (χ0v) is 16.3. The Hall–Kier alpha value is -2.51. The molecule has 8 heteroatoms. The number of aliphatic imine (C=N–C) groups is 1. The Morgan fingerprint density at radius 2 is 2.11 bits per heavy atom. The Balaban J connectivity index is 1.55. The van der Waals surface area contributed by atoms with Crippen LogP contribution in [0.2, 0.25) is 0 Å². The number of nitrogens with zero attached hydrogens (tertiary/aromatic N) is 3. The summed E-state index contributed by atoms with van der Waals surface area (Å²) in [5.41, 5.74) is 0.282. The number of fused-ring (bicyclic) bond motifs is 1. The summed E-state index contributed by atoms with van der Waals surface area (Å²) in [5.74, 6) is 0.944. The first kappa shape index (κ1) is 19.3. The van der Waals surface area contributed by atoms with Crippen molar-refractivity contribution in [3.63, 3.8) is 0 Å². The minimum absolute atomic E-state index is 0.135. The van der Waals surface area contributed by atoms with Crippen LogP contribution in [-0.4, -0.2) is 66.8 Å². The molecule has 1 N–H and O–H groups in total. The predicted molar refractivity (Wildman–Crippen MR) is 100 cm³/mol. The third-order valence-corrected chi connectivity index (χ3v) is 4.48. The standard InChI is InChI=1S/C19H27FN4O3/c1-19(2,3)27-18(25)23-5-6-24-15(12-23)11-22-17(24)21-10-13-7-14(20)9-16(8-13)26-4/h7-9,15H,5-6,10-12H2,1-4H3,(H,21,22). The number of rotatable bonds is 3. The van der Waals surface area contributed by atoms with Crippen molar-refractivity contribution in [2.24, 2.45) is 4.99 Å². The van der Waals surface area contributed by atoms with Crippen molar-refractivity contribution >= 4 is 12.1 Å². The largest absolute Gasteiger partial charge is 0.497 e. The third kappa shape index (κ3) is 4.81. The Morgan fingerprint density at radius 1 is 1.33 bits per heavy atom. The lowest BCUT2D eigenvalue weighted by atomic mass is 10.2. The van der Waals surface area contributed by atoms with E-state index in [4.69, 9.17) is 9.47 Å². The van der Waals surface area contributed by atoms with Crippen molar-refractivity contribution in [3.05, 3.63) is 29.6 Å². The molecule has 3 rings (SSSR count). The van der Waals surface area contributed by atoms with Crippen LogP contribution >= 0.6 is 0 Å². The van der Waals surface area contributed by atoms with E-state index < -0.39 is 5.60 Å². The molecule has 0 radical (unpaired) electrons. The molecule has 1 aromatic carbocycles. The number of hydrogen-bond donors (Lipinski definition) is 1. The maximum atomic E-state index is 13.6. The second kappa shape index (κ2) is 7.62. The summed E-state index contributed by atoms with van der Waals surface area (Å²) in [6.45, 7) is 8.51. The first-order chi connectivity index (χ1) is 12.7. The molecule has 2 heterocycles. The topological polar surface area (TPSA) is 66.4 Å². The van der Waals surface area contributed by atoms with Crippen LogP contribution in [0.25, 0.3) is 0 Å². The van der Waals surface area contributed by atoms with Gasteiger partial charge in [-0.05, 0) is 38.5 Å². The molecular weight excluding hydrogens is 351 g/mol. The highest BCUT2D eigenvalue weighted by molar-refractivity contribution is 5.82. The predicted octanol–water partition coefficient (Wildman–Crippen LogP) is 2.21. The summed E-state index contributed by atoms with van der Waals surface area (Å²) in [7, 11) is 1.52. The van der Waals surface area contributed by atoms with Crippen LogP contribution in [-0.2, 0) is 11.3 Å². The minimum atomic E-state index is -0.501. The molecule has 1 fully saturated rings. The van der Waals surface area contributed by atoms with Crippen molar-refractivity contribution in [2.75, 3.05) is 33.3 Å². The molecule has 0 spiro atoms. The van der Waals surface area contributed by atoms with E-state index in [1.807, 2.05) is 20.8 Å². The van der Waals surface area contributed by atoms with Crippen molar-refractivity contribution in [1.82, 2.24) is 15.1 Å². The van der Waals surface area contributed by atoms with Gasteiger partial charge >= 0.3 is 6.09 Å². The van der Waals surface area contributed by atoms with E-state index in [9.17, 15) is 9.18 Å². The van der Waals surface area contributed by atoms with Gasteiger partial charge in [0.15, 0.2) is 5.96 Å². The number of methoxy groups -OCH3 is 1. The van der Waals surface area contributed by atoms with Crippen molar-refractivity contribution in [2.45, 2.75) is 39.0 Å². The molecule has 0 aromatic heterocycles. The number of halogens is 1. The minimum Gasteiger partial charge on any atom is -0.497 e. The molecular formula is C19H27FN4O3. The molecule has 148 valence electrons. The summed E-state index contributed by atoms with van der Waals surface area (Å²) in [4.78, 5) is 20.7. The fourth-order valence-electron chi connectivity index (χ4n) is 3.24. The van der Waals surface area contributed by atoms with Crippen LogP contribution < -0.4 is 10.1 Å². The fourth-order valence-corrected chi connectivity index (χ4v) is 3.24. The lowest BCUT2D eigenvalue weighted by Crippen LogP contribution is -2.57. The monoisotopic (exact) mass is 378 g/mol. The summed E-state index contributed by atoms with van der Waals surface area (Å²) in [5, 5.41) is 3.28. The molecule has 2 aliphatic rings. The summed E-state index contributed by atoms with van der Waals surface area (Å²) < 4.78 is 24.2. The number of carbonyl (C=O) groups is 1. The molecule has 2 aliphatic heterocycles. The average molecular weight is 378 g/mol. The second-order valence-corrected chi connectivity index (χ2v) is 7.79. The number of benzene rings is 1. The zero-order chi connectivity index (χ0) is 19.6. The van der Waals surface area contributed by atoms with Crippen molar-refractivity contribution in [1.29, 1.82) is 0 Å². The second-order valence-electron chi connectivity index (χ2n) is 7.79. The van der Waals surface area contributed by atoms with Gasteiger partial charge in [-0.15, -0.1) is 0 Å². The first-order valence-electron chi connectivity index (χ1n) is 9.11. The van der Waals surface area contributed by atoms with Gasteiger partial charge in [-0.1, -0.05) is 0 Å². The number of hydrogen-bond acceptors (Lipinski definition) is 6. The van der Waals surface area contributed by atoms with Gasteiger partial charge in [-0.2, -0.15) is 0 Å².